The van der Waals surface area contributed by atoms with Crippen molar-refractivity contribution in [3.8, 4) is 5.75 Å². The number of rotatable bonds is 4. The van der Waals surface area contributed by atoms with Gasteiger partial charge < -0.3 is 9.46 Å². The maximum atomic E-state index is 14.6. The summed E-state index contributed by atoms with van der Waals surface area (Å²) in [5.41, 5.74) is 0.703. The fourth-order valence-electron chi connectivity index (χ4n) is 3.68. The Hall–Kier alpha value is -1.59. The fraction of sp³-hybridized carbons (Fsp3) is 0.529. The van der Waals surface area contributed by atoms with Crippen LogP contribution in [0.25, 0.3) is 0 Å². The summed E-state index contributed by atoms with van der Waals surface area (Å²) in [5.74, 6) is -1.07. The van der Waals surface area contributed by atoms with Gasteiger partial charge in [-0.2, -0.15) is 17.5 Å². The maximum Gasteiger partial charge on any atom is 0.391 e. The summed E-state index contributed by atoms with van der Waals surface area (Å²) in [6.45, 7) is 1.16. The molecular weight excluding hydrogens is 416 g/mol. The number of anilines is 1. The van der Waals surface area contributed by atoms with Crippen LogP contribution >= 0.6 is 23.5 Å². The van der Waals surface area contributed by atoms with Crippen LogP contribution in [0.3, 0.4) is 0 Å². The van der Waals surface area contributed by atoms with Gasteiger partial charge in [0.2, 0.25) is 5.13 Å². The van der Waals surface area contributed by atoms with Crippen LogP contribution in [0, 0.1) is 11.7 Å². The van der Waals surface area contributed by atoms with Gasteiger partial charge >= 0.3 is 6.18 Å². The first-order valence-corrected chi connectivity index (χ1v) is 10.5. The average molecular weight is 434 g/mol. The third kappa shape index (κ3) is 4.20. The molecule has 1 aromatic heterocycles. The minimum atomic E-state index is -4.14. The molecule has 2 aliphatic rings. The van der Waals surface area contributed by atoms with Gasteiger partial charge in [0.15, 0.2) is 0 Å². The van der Waals surface area contributed by atoms with E-state index in [2.05, 4.69) is 14.1 Å². The second kappa shape index (κ2) is 8.03. The number of ether oxygens (including phenoxy) is 1. The number of hydrogen-bond acceptors (Lipinski definition) is 7. The number of aromatic nitrogens is 2. The SMILES string of the molecule is Fc1cc2c(cc1SNc1ncns1)OCC[C@@H]2N1CCC(C(F)(F)F)CC1. The summed E-state index contributed by atoms with van der Waals surface area (Å²) in [5, 5.41) is 0.563. The van der Waals surface area contributed by atoms with Gasteiger partial charge in [-0.15, -0.1) is 0 Å². The van der Waals surface area contributed by atoms with Crippen molar-refractivity contribution in [2.45, 2.75) is 36.4 Å². The number of halogens is 4. The minimum Gasteiger partial charge on any atom is -0.493 e. The van der Waals surface area contributed by atoms with Crippen molar-refractivity contribution < 1.29 is 22.3 Å². The molecule has 28 heavy (non-hydrogen) atoms. The van der Waals surface area contributed by atoms with E-state index in [4.69, 9.17) is 4.74 Å². The first kappa shape index (κ1) is 19.7. The van der Waals surface area contributed by atoms with Crippen LogP contribution in [0.2, 0.25) is 0 Å². The van der Waals surface area contributed by atoms with Gasteiger partial charge in [-0.1, -0.05) is 0 Å². The number of hydrogen-bond donors (Lipinski definition) is 1. The molecule has 152 valence electrons. The molecule has 1 aromatic carbocycles. The van der Waals surface area contributed by atoms with E-state index < -0.39 is 17.9 Å². The largest absolute Gasteiger partial charge is 0.493 e. The lowest BCUT2D eigenvalue weighted by Gasteiger charge is -2.40. The van der Waals surface area contributed by atoms with E-state index in [1.807, 2.05) is 4.90 Å². The summed E-state index contributed by atoms with van der Waals surface area (Å²) in [4.78, 5) is 6.37. The number of fused-ring (bicyclic) bond motifs is 1. The van der Waals surface area contributed by atoms with E-state index in [0.29, 0.717) is 47.5 Å². The normalized spacial score (nSPS) is 21.2. The molecule has 5 nitrogen and oxygen atoms in total. The van der Waals surface area contributed by atoms with E-state index in [1.165, 1.54) is 12.4 Å². The lowest BCUT2D eigenvalue weighted by atomic mass is 9.92. The van der Waals surface area contributed by atoms with Gasteiger partial charge in [0.1, 0.15) is 17.9 Å². The Morgan fingerprint density at radius 1 is 1.21 bits per heavy atom. The fourth-order valence-corrected chi connectivity index (χ4v) is 4.82. The van der Waals surface area contributed by atoms with Crippen LogP contribution in [0.15, 0.2) is 23.4 Å². The Bertz CT molecular complexity index is 810. The molecule has 0 spiro atoms. The summed E-state index contributed by atoms with van der Waals surface area (Å²) in [6, 6.07) is 2.96. The molecule has 1 N–H and O–H groups in total. The highest BCUT2D eigenvalue weighted by Gasteiger charge is 2.42. The smallest absolute Gasteiger partial charge is 0.391 e. The standard InChI is InChI=1S/C17H18F4N4OS2/c18-12-7-11-13(25-4-1-10(2-5-25)17(19,20)21)3-6-26-14(11)8-15(12)27-24-16-22-9-23-28-16/h7-10,13H,1-6H2,(H,22,23,24)/t13-/m0/s1. The Labute approximate surface area is 167 Å². The van der Waals surface area contributed by atoms with Gasteiger partial charge in [-0.05, 0) is 50.0 Å². The molecule has 4 rings (SSSR count). The van der Waals surface area contributed by atoms with Gasteiger partial charge in [0, 0.05) is 29.6 Å². The molecule has 11 heteroatoms. The molecule has 0 saturated carbocycles. The number of nitrogens with one attached hydrogen (secondary N) is 1. The number of nitrogens with zero attached hydrogens (tertiary/aromatic N) is 3. The zero-order valence-electron chi connectivity index (χ0n) is 14.7. The number of benzene rings is 1. The number of piperidine rings is 1. The molecule has 0 radical (unpaired) electrons. The third-order valence-corrected chi connectivity index (χ3v) is 6.65. The molecule has 1 saturated heterocycles. The van der Waals surface area contributed by atoms with E-state index in [-0.39, 0.29) is 18.9 Å². The average Bonchev–Trinajstić information content (AvgIpc) is 3.19. The van der Waals surface area contributed by atoms with Crippen molar-refractivity contribution in [2.75, 3.05) is 24.4 Å². The molecule has 2 aromatic rings. The molecule has 0 bridgehead atoms. The lowest BCUT2D eigenvalue weighted by Crippen LogP contribution is -2.42. The van der Waals surface area contributed by atoms with Crippen molar-refractivity contribution in [1.29, 1.82) is 0 Å². The third-order valence-electron chi connectivity index (χ3n) is 5.12. The maximum absolute atomic E-state index is 14.6. The summed E-state index contributed by atoms with van der Waals surface area (Å²) >= 11 is 2.25. The number of likely N-dealkylation sites (tertiary alicyclic amines) is 1. The van der Waals surface area contributed by atoms with Crippen LogP contribution < -0.4 is 9.46 Å². The summed E-state index contributed by atoms with van der Waals surface area (Å²) < 4.78 is 65.9. The van der Waals surface area contributed by atoms with Crippen LogP contribution in [0.5, 0.6) is 5.75 Å². The highest BCUT2D eigenvalue weighted by molar-refractivity contribution is 8.00. The van der Waals surface area contributed by atoms with Crippen molar-refractivity contribution in [3.05, 3.63) is 29.8 Å². The van der Waals surface area contributed by atoms with E-state index in [0.717, 1.165) is 23.5 Å². The predicted molar refractivity (Wildman–Crippen MR) is 99.0 cm³/mol. The predicted octanol–water partition coefficient (Wildman–Crippen LogP) is 4.89. The molecule has 0 aliphatic carbocycles. The van der Waals surface area contributed by atoms with E-state index in [1.54, 1.807) is 6.07 Å². The van der Waals surface area contributed by atoms with Gasteiger partial charge in [0.05, 0.1) is 17.4 Å². The Morgan fingerprint density at radius 2 is 2.00 bits per heavy atom. The van der Waals surface area contributed by atoms with Crippen molar-refractivity contribution in [2.24, 2.45) is 5.92 Å². The van der Waals surface area contributed by atoms with Crippen LogP contribution in [0.4, 0.5) is 22.7 Å². The molecule has 1 atom stereocenters. The summed E-state index contributed by atoms with van der Waals surface area (Å²) in [7, 11) is 0. The lowest BCUT2D eigenvalue weighted by molar-refractivity contribution is -0.186. The van der Waals surface area contributed by atoms with Crippen molar-refractivity contribution in [3.63, 3.8) is 0 Å². The molecule has 3 heterocycles. The van der Waals surface area contributed by atoms with Gasteiger partial charge in [0.25, 0.3) is 0 Å². The highest BCUT2D eigenvalue weighted by Crippen LogP contribution is 2.42. The van der Waals surface area contributed by atoms with Crippen molar-refractivity contribution in [1.82, 2.24) is 14.3 Å². The van der Waals surface area contributed by atoms with Crippen molar-refractivity contribution >= 4 is 28.6 Å². The highest BCUT2D eigenvalue weighted by atomic mass is 32.2. The van der Waals surface area contributed by atoms with Gasteiger partial charge in [-0.25, -0.2) is 9.37 Å². The van der Waals surface area contributed by atoms with Crippen LogP contribution in [-0.2, 0) is 0 Å². The first-order chi connectivity index (χ1) is 13.4. The molecule has 1 fully saturated rings. The molecule has 0 amide bonds. The second-order valence-corrected chi connectivity index (χ2v) is 8.40. The Morgan fingerprint density at radius 3 is 2.68 bits per heavy atom. The summed E-state index contributed by atoms with van der Waals surface area (Å²) in [6.07, 6.45) is -1.93. The van der Waals surface area contributed by atoms with Gasteiger partial charge in [-0.3, -0.25) is 4.90 Å². The number of alkyl halides is 3. The molecular formula is C17H18F4N4OS2. The quantitative estimate of drug-likeness (QED) is 0.546. The monoisotopic (exact) mass is 434 g/mol. The second-order valence-electron chi connectivity index (χ2n) is 6.78. The molecule has 0 unspecified atom stereocenters. The van der Waals surface area contributed by atoms with E-state index in [9.17, 15) is 17.6 Å². The zero-order valence-corrected chi connectivity index (χ0v) is 16.3. The van der Waals surface area contributed by atoms with Crippen LogP contribution in [-0.4, -0.2) is 40.1 Å². The molecule has 2 aliphatic heterocycles. The Balaban J connectivity index is 1.48. The minimum absolute atomic E-state index is 0.0817. The Kier molecular flexibility index (Phi) is 5.66. The topological polar surface area (TPSA) is 50.3 Å². The van der Waals surface area contributed by atoms with E-state index >= 15 is 0 Å². The van der Waals surface area contributed by atoms with Crippen LogP contribution in [0.1, 0.15) is 30.9 Å². The first-order valence-electron chi connectivity index (χ1n) is 8.88. The zero-order chi connectivity index (χ0) is 19.7.